The molecule has 108 valence electrons. The van der Waals surface area contributed by atoms with Crippen molar-refractivity contribution in [1.29, 1.82) is 0 Å². The molecule has 0 aliphatic carbocycles. The van der Waals surface area contributed by atoms with E-state index < -0.39 is 0 Å². The molecule has 21 heavy (non-hydrogen) atoms. The van der Waals surface area contributed by atoms with Gasteiger partial charge in [0, 0.05) is 25.3 Å². The van der Waals surface area contributed by atoms with Gasteiger partial charge in [-0.05, 0) is 30.2 Å². The second kappa shape index (κ2) is 5.58. The van der Waals surface area contributed by atoms with E-state index in [-0.39, 0.29) is 11.7 Å². The number of benzene rings is 2. The molecule has 0 fully saturated rings. The minimum Gasteiger partial charge on any atom is -0.507 e. The quantitative estimate of drug-likeness (QED) is 0.844. The van der Waals surface area contributed by atoms with Crippen LogP contribution in [0.15, 0.2) is 42.5 Å². The van der Waals surface area contributed by atoms with Gasteiger partial charge in [0.1, 0.15) is 5.75 Å². The van der Waals surface area contributed by atoms with Gasteiger partial charge in [0.05, 0.1) is 5.56 Å². The first-order valence-corrected chi connectivity index (χ1v) is 7.07. The Hall–Kier alpha value is -2.33. The van der Waals surface area contributed by atoms with Crippen LogP contribution in [0, 0.1) is 6.92 Å². The van der Waals surface area contributed by atoms with Crippen LogP contribution < -0.4 is 10.2 Å². The number of carbonyl (C=O) groups excluding carboxylic acids is 1. The number of anilines is 1. The molecule has 1 aliphatic heterocycles. The Labute approximate surface area is 124 Å². The summed E-state index contributed by atoms with van der Waals surface area (Å²) in [5.74, 6) is -0.0930. The van der Waals surface area contributed by atoms with Gasteiger partial charge in [-0.2, -0.15) is 0 Å². The van der Waals surface area contributed by atoms with Crippen molar-refractivity contribution in [3.05, 3.63) is 59.2 Å². The van der Waals surface area contributed by atoms with Gasteiger partial charge in [-0.3, -0.25) is 4.79 Å². The number of aromatic hydroxyl groups is 1. The number of amides is 1. The summed E-state index contributed by atoms with van der Waals surface area (Å²) < 4.78 is 0. The van der Waals surface area contributed by atoms with E-state index in [4.69, 9.17) is 0 Å². The molecule has 2 N–H and O–H groups in total. The summed E-state index contributed by atoms with van der Waals surface area (Å²) in [5.41, 5.74) is 3.07. The molecule has 1 aliphatic rings. The molecule has 2 aromatic carbocycles. The lowest BCUT2D eigenvalue weighted by molar-refractivity contribution is 0.0985. The average Bonchev–Trinajstić information content (AvgIpc) is 2.72. The zero-order valence-electron chi connectivity index (χ0n) is 12.0. The highest BCUT2D eigenvalue weighted by molar-refractivity contribution is 6.08. The Kier molecular flexibility index (Phi) is 3.62. The van der Waals surface area contributed by atoms with E-state index in [9.17, 15) is 9.90 Å². The number of hydrogen-bond donors (Lipinski definition) is 2. The van der Waals surface area contributed by atoms with Gasteiger partial charge in [-0.25, -0.2) is 0 Å². The summed E-state index contributed by atoms with van der Waals surface area (Å²) in [7, 11) is 0. The molecule has 2 aromatic rings. The number of fused-ring (bicyclic) bond motifs is 1. The van der Waals surface area contributed by atoms with E-state index in [0.717, 1.165) is 24.3 Å². The Morgan fingerprint density at radius 2 is 2.00 bits per heavy atom. The third kappa shape index (κ3) is 2.50. The zero-order chi connectivity index (χ0) is 14.8. The lowest BCUT2D eigenvalue weighted by Gasteiger charge is -2.23. The molecule has 0 bridgehead atoms. The maximum atomic E-state index is 12.8. The largest absolute Gasteiger partial charge is 0.507 e. The fourth-order valence-corrected chi connectivity index (χ4v) is 2.65. The van der Waals surface area contributed by atoms with Crippen LogP contribution >= 0.6 is 0 Å². The molecular weight excluding hydrogens is 264 g/mol. The smallest absolute Gasteiger partial charge is 0.262 e. The minimum atomic E-state index is -0.160. The SMILES string of the molecule is Cc1cccc(C(=O)N2CCNCc3ccccc32)c1O. The molecule has 0 spiro atoms. The van der Waals surface area contributed by atoms with Crippen molar-refractivity contribution < 1.29 is 9.90 Å². The third-order valence-electron chi connectivity index (χ3n) is 3.82. The Bertz CT molecular complexity index is 682. The van der Waals surface area contributed by atoms with Crippen molar-refractivity contribution in [1.82, 2.24) is 5.32 Å². The highest BCUT2D eigenvalue weighted by atomic mass is 16.3. The Balaban J connectivity index is 2.03. The van der Waals surface area contributed by atoms with Crippen LogP contribution in [0.1, 0.15) is 21.5 Å². The number of nitrogens with zero attached hydrogens (tertiary/aromatic N) is 1. The molecule has 0 radical (unpaired) electrons. The lowest BCUT2D eigenvalue weighted by atomic mass is 10.1. The predicted molar refractivity (Wildman–Crippen MR) is 82.7 cm³/mol. The molecule has 1 amide bonds. The van der Waals surface area contributed by atoms with Crippen LogP contribution in [0.2, 0.25) is 0 Å². The van der Waals surface area contributed by atoms with Crippen LogP contribution in [0.4, 0.5) is 5.69 Å². The molecule has 3 rings (SSSR count). The predicted octanol–water partition coefficient (Wildman–Crippen LogP) is 2.45. The van der Waals surface area contributed by atoms with Crippen LogP contribution in [-0.2, 0) is 6.54 Å². The first-order valence-electron chi connectivity index (χ1n) is 7.07. The van der Waals surface area contributed by atoms with Crippen molar-refractivity contribution in [2.45, 2.75) is 13.5 Å². The van der Waals surface area contributed by atoms with Crippen molar-refractivity contribution in [3.63, 3.8) is 0 Å². The van der Waals surface area contributed by atoms with Crippen LogP contribution in [-0.4, -0.2) is 24.1 Å². The molecule has 1 heterocycles. The summed E-state index contributed by atoms with van der Waals surface area (Å²) in [6.07, 6.45) is 0. The second-order valence-electron chi connectivity index (χ2n) is 5.23. The van der Waals surface area contributed by atoms with E-state index in [1.165, 1.54) is 0 Å². The van der Waals surface area contributed by atoms with E-state index in [1.54, 1.807) is 30.0 Å². The number of aryl methyl sites for hydroxylation is 1. The van der Waals surface area contributed by atoms with Gasteiger partial charge < -0.3 is 15.3 Å². The molecule has 0 saturated carbocycles. The monoisotopic (exact) mass is 282 g/mol. The minimum absolute atomic E-state index is 0.0668. The topological polar surface area (TPSA) is 52.6 Å². The third-order valence-corrected chi connectivity index (χ3v) is 3.82. The average molecular weight is 282 g/mol. The van der Waals surface area contributed by atoms with Crippen molar-refractivity contribution >= 4 is 11.6 Å². The summed E-state index contributed by atoms with van der Waals surface area (Å²) in [6.45, 7) is 3.86. The van der Waals surface area contributed by atoms with Crippen molar-refractivity contribution in [2.24, 2.45) is 0 Å². The summed E-state index contributed by atoms with van der Waals surface area (Å²) in [6, 6.07) is 13.1. The molecule has 0 aromatic heterocycles. The summed E-state index contributed by atoms with van der Waals surface area (Å²) >= 11 is 0. The van der Waals surface area contributed by atoms with Gasteiger partial charge in [0.15, 0.2) is 0 Å². The normalized spacial score (nSPS) is 14.4. The molecule has 0 saturated heterocycles. The van der Waals surface area contributed by atoms with E-state index in [1.807, 2.05) is 24.3 Å². The van der Waals surface area contributed by atoms with Gasteiger partial charge in [0.2, 0.25) is 0 Å². The summed E-state index contributed by atoms with van der Waals surface area (Å²) in [5, 5.41) is 13.5. The summed E-state index contributed by atoms with van der Waals surface area (Å²) in [4.78, 5) is 14.6. The van der Waals surface area contributed by atoms with Gasteiger partial charge in [-0.1, -0.05) is 30.3 Å². The van der Waals surface area contributed by atoms with E-state index in [0.29, 0.717) is 17.7 Å². The van der Waals surface area contributed by atoms with Crippen LogP contribution in [0.3, 0.4) is 0 Å². The Morgan fingerprint density at radius 3 is 2.86 bits per heavy atom. The first-order chi connectivity index (χ1) is 10.2. The van der Waals surface area contributed by atoms with Gasteiger partial charge in [-0.15, -0.1) is 0 Å². The Morgan fingerprint density at radius 1 is 1.19 bits per heavy atom. The molecule has 0 unspecified atom stereocenters. The zero-order valence-corrected chi connectivity index (χ0v) is 12.0. The molecule has 4 heteroatoms. The second-order valence-corrected chi connectivity index (χ2v) is 5.23. The number of rotatable bonds is 1. The van der Waals surface area contributed by atoms with E-state index >= 15 is 0 Å². The number of phenolic OH excluding ortho intramolecular Hbond substituents is 1. The number of phenols is 1. The number of hydrogen-bond acceptors (Lipinski definition) is 3. The number of para-hydroxylation sites is 2. The molecule has 0 atom stereocenters. The van der Waals surface area contributed by atoms with Gasteiger partial charge in [0.25, 0.3) is 5.91 Å². The lowest BCUT2D eigenvalue weighted by Crippen LogP contribution is -2.34. The van der Waals surface area contributed by atoms with Crippen molar-refractivity contribution in [3.8, 4) is 5.75 Å². The van der Waals surface area contributed by atoms with Crippen molar-refractivity contribution in [2.75, 3.05) is 18.0 Å². The van der Waals surface area contributed by atoms with Crippen LogP contribution in [0.25, 0.3) is 0 Å². The van der Waals surface area contributed by atoms with Gasteiger partial charge >= 0.3 is 0 Å². The van der Waals surface area contributed by atoms with E-state index in [2.05, 4.69) is 5.32 Å². The standard InChI is InChI=1S/C17H18N2O2/c1-12-5-4-7-14(16(12)20)17(21)19-10-9-18-11-13-6-2-3-8-15(13)19/h2-8,18,20H,9-11H2,1H3. The first kappa shape index (κ1) is 13.6. The highest BCUT2D eigenvalue weighted by Gasteiger charge is 2.24. The maximum absolute atomic E-state index is 12.8. The molecular formula is C17H18N2O2. The van der Waals surface area contributed by atoms with Crippen LogP contribution in [0.5, 0.6) is 5.75 Å². The molecule has 4 nitrogen and oxygen atoms in total. The maximum Gasteiger partial charge on any atom is 0.262 e. The number of carbonyl (C=O) groups is 1. The number of nitrogens with one attached hydrogen (secondary N) is 1. The highest BCUT2D eigenvalue weighted by Crippen LogP contribution is 2.28. The fraction of sp³-hybridized carbons (Fsp3) is 0.235. The fourth-order valence-electron chi connectivity index (χ4n) is 2.65.